The Balaban J connectivity index is 1.73. The second kappa shape index (κ2) is 5.55. The number of thiazole rings is 1. The maximum Gasteiger partial charge on any atom is 0.323 e. The molecule has 1 aliphatic carbocycles. The van der Waals surface area contributed by atoms with E-state index < -0.39 is 30.3 Å². The van der Waals surface area contributed by atoms with Gasteiger partial charge in [0, 0.05) is 19.4 Å². The number of alkyl halides is 2. The maximum atomic E-state index is 13.3. The monoisotopic (exact) mass is 326 g/mol. The summed E-state index contributed by atoms with van der Waals surface area (Å²) in [6.07, 6.45) is -0.932. The fourth-order valence-corrected chi connectivity index (χ4v) is 3.66. The van der Waals surface area contributed by atoms with Crippen molar-refractivity contribution in [1.29, 1.82) is 0 Å². The molecule has 1 aliphatic rings. The summed E-state index contributed by atoms with van der Waals surface area (Å²) in [5.41, 5.74) is -0.414. The predicted octanol–water partition coefficient (Wildman–Crippen LogP) is 3.42. The van der Waals surface area contributed by atoms with Crippen molar-refractivity contribution in [2.75, 3.05) is 0 Å². The van der Waals surface area contributed by atoms with Gasteiger partial charge >= 0.3 is 5.97 Å². The Labute approximate surface area is 130 Å². The van der Waals surface area contributed by atoms with Gasteiger partial charge in [0.2, 0.25) is 5.92 Å². The van der Waals surface area contributed by atoms with E-state index >= 15 is 0 Å². The second-order valence-corrected chi connectivity index (χ2v) is 6.79. The van der Waals surface area contributed by atoms with E-state index in [2.05, 4.69) is 10.3 Å². The van der Waals surface area contributed by atoms with Crippen LogP contribution >= 0.6 is 11.3 Å². The van der Waals surface area contributed by atoms with Crippen LogP contribution < -0.4 is 5.32 Å². The molecule has 7 heteroatoms. The molecule has 0 saturated heterocycles. The highest BCUT2D eigenvalue weighted by Crippen LogP contribution is 2.39. The number of hydrogen-bond donors (Lipinski definition) is 2. The molecule has 2 N–H and O–H groups in total. The molecule has 4 nitrogen and oxygen atoms in total. The molecular weight excluding hydrogens is 310 g/mol. The largest absolute Gasteiger partial charge is 0.480 e. The number of hydrogen-bond acceptors (Lipinski definition) is 4. The minimum absolute atomic E-state index is 0.0692. The van der Waals surface area contributed by atoms with Crippen LogP contribution in [0.15, 0.2) is 24.3 Å². The van der Waals surface area contributed by atoms with Gasteiger partial charge in [-0.25, -0.2) is 13.8 Å². The molecule has 1 fully saturated rings. The Morgan fingerprint density at radius 1 is 1.27 bits per heavy atom. The molecule has 0 amide bonds. The van der Waals surface area contributed by atoms with Gasteiger partial charge in [0.15, 0.2) is 0 Å². The molecule has 1 aromatic heterocycles. The molecule has 1 heterocycles. The number of rotatable bonds is 4. The smallest absolute Gasteiger partial charge is 0.323 e. The van der Waals surface area contributed by atoms with Crippen LogP contribution in [0, 0.1) is 0 Å². The fourth-order valence-electron chi connectivity index (χ4n) is 2.75. The summed E-state index contributed by atoms with van der Waals surface area (Å²) in [6.45, 7) is 0.275. The fraction of sp³-hybridized carbons (Fsp3) is 0.467. The van der Waals surface area contributed by atoms with Crippen LogP contribution in [-0.2, 0) is 11.3 Å². The van der Waals surface area contributed by atoms with Gasteiger partial charge in [-0.05, 0) is 25.0 Å². The first kappa shape index (κ1) is 15.3. The third-order valence-electron chi connectivity index (χ3n) is 4.16. The molecule has 118 valence electrons. The van der Waals surface area contributed by atoms with Gasteiger partial charge in [-0.3, -0.25) is 10.1 Å². The lowest BCUT2D eigenvalue weighted by Crippen LogP contribution is -2.55. The van der Waals surface area contributed by atoms with Crippen LogP contribution in [0.1, 0.15) is 30.7 Å². The Kier molecular flexibility index (Phi) is 3.86. The maximum absolute atomic E-state index is 13.3. The van der Waals surface area contributed by atoms with E-state index in [-0.39, 0.29) is 19.4 Å². The molecule has 1 aromatic carbocycles. The molecule has 0 unspecified atom stereocenters. The topological polar surface area (TPSA) is 62.2 Å². The Morgan fingerprint density at radius 2 is 1.95 bits per heavy atom. The van der Waals surface area contributed by atoms with Crippen molar-refractivity contribution in [2.24, 2.45) is 0 Å². The summed E-state index contributed by atoms with van der Waals surface area (Å²) in [6, 6.07) is 7.65. The number of fused-ring (bicyclic) bond motifs is 1. The molecule has 0 aliphatic heterocycles. The lowest BCUT2D eigenvalue weighted by Gasteiger charge is -2.37. The van der Waals surface area contributed by atoms with E-state index in [4.69, 9.17) is 0 Å². The Hall–Kier alpha value is -1.60. The quantitative estimate of drug-likeness (QED) is 0.904. The van der Waals surface area contributed by atoms with Gasteiger partial charge < -0.3 is 5.11 Å². The van der Waals surface area contributed by atoms with Crippen LogP contribution in [0.2, 0.25) is 0 Å². The average Bonchev–Trinajstić information content (AvgIpc) is 2.89. The molecule has 1 saturated carbocycles. The van der Waals surface area contributed by atoms with Gasteiger partial charge in [-0.1, -0.05) is 12.1 Å². The number of aromatic nitrogens is 1. The van der Waals surface area contributed by atoms with E-state index in [1.54, 1.807) is 0 Å². The van der Waals surface area contributed by atoms with Crippen molar-refractivity contribution in [3.8, 4) is 0 Å². The normalized spacial score (nSPS) is 20.1. The molecule has 0 atom stereocenters. The number of aliphatic carboxylic acids is 1. The molecule has 0 radical (unpaired) electrons. The number of benzene rings is 1. The van der Waals surface area contributed by atoms with E-state index in [1.807, 2.05) is 24.3 Å². The molecular formula is C15H16F2N2O2S. The number of nitrogens with one attached hydrogen (secondary N) is 1. The average molecular weight is 326 g/mol. The van der Waals surface area contributed by atoms with Crippen LogP contribution in [0.3, 0.4) is 0 Å². The minimum atomic E-state index is -2.75. The van der Waals surface area contributed by atoms with E-state index in [9.17, 15) is 18.7 Å². The minimum Gasteiger partial charge on any atom is -0.480 e. The third-order valence-corrected chi connectivity index (χ3v) is 5.20. The number of carboxylic acid groups (broad SMARTS) is 1. The highest BCUT2D eigenvalue weighted by atomic mass is 32.1. The van der Waals surface area contributed by atoms with Crippen molar-refractivity contribution in [3.05, 3.63) is 29.3 Å². The molecule has 22 heavy (non-hydrogen) atoms. The summed E-state index contributed by atoms with van der Waals surface area (Å²) in [7, 11) is 0. The lowest BCUT2D eigenvalue weighted by molar-refractivity contribution is -0.150. The highest BCUT2D eigenvalue weighted by Gasteiger charge is 2.47. The van der Waals surface area contributed by atoms with Gasteiger partial charge in [0.05, 0.1) is 10.2 Å². The standard InChI is InChI=1S/C15H16F2N2O2S/c16-15(17)7-5-14(6-8-15,13(20)21)18-9-12-19-10-3-1-2-4-11(10)22-12/h1-4,18H,5-9H2,(H,20,21). The first-order chi connectivity index (χ1) is 10.4. The van der Waals surface area contributed by atoms with Crippen molar-refractivity contribution in [2.45, 2.75) is 43.7 Å². The zero-order valence-electron chi connectivity index (χ0n) is 11.8. The van der Waals surface area contributed by atoms with Gasteiger partial charge in [0.25, 0.3) is 0 Å². The highest BCUT2D eigenvalue weighted by molar-refractivity contribution is 7.18. The predicted molar refractivity (Wildman–Crippen MR) is 80.2 cm³/mol. The van der Waals surface area contributed by atoms with Gasteiger partial charge in [0.1, 0.15) is 10.5 Å². The summed E-state index contributed by atoms with van der Waals surface area (Å²) in [4.78, 5) is 16.0. The number of halogens is 2. The number of nitrogens with zero attached hydrogens (tertiary/aromatic N) is 1. The Morgan fingerprint density at radius 3 is 2.59 bits per heavy atom. The summed E-state index contributed by atoms with van der Waals surface area (Å²) in [5, 5.41) is 13.2. The van der Waals surface area contributed by atoms with Crippen molar-refractivity contribution < 1.29 is 18.7 Å². The number of para-hydroxylation sites is 1. The molecule has 0 bridgehead atoms. The summed E-state index contributed by atoms with van der Waals surface area (Å²) in [5.74, 6) is -3.82. The van der Waals surface area contributed by atoms with Crippen LogP contribution in [-0.4, -0.2) is 27.5 Å². The third kappa shape index (κ3) is 2.96. The van der Waals surface area contributed by atoms with Crippen molar-refractivity contribution in [3.63, 3.8) is 0 Å². The van der Waals surface area contributed by atoms with E-state index in [0.717, 1.165) is 15.2 Å². The van der Waals surface area contributed by atoms with Crippen LogP contribution in [0.5, 0.6) is 0 Å². The summed E-state index contributed by atoms with van der Waals surface area (Å²) < 4.78 is 27.6. The zero-order chi connectivity index (χ0) is 15.8. The molecule has 0 spiro atoms. The van der Waals surface area contributed by atoms with Gasteiger partial charge in [-0.2, -0.15) is 0 Å². The summed E-state index contributed by atoms with van der Waals surface area (Å²) >= 11 is 1.48. The number of carboxylic acids is 1. The Bertz CT molecular complexity index is 659. The van der Waals surface area contributed by atoms with E-state index in [0.29, 0.717) is 0 Å². The molecule has 2 aromatic rings. The lowest BCUT2D eigenvalue weighted by atomic mass is 9.80. The SMILES string of the molecule is O=C(O)C1(NCc2nc3ccccc3s2)CCC(F)(F)CC1. The van der Waals surface area contributed by atoms with Crippen LogP contribution in [0.25, 0.3) is 10.2 Å². The zero-order valence-corrected chi connectivity index (χ0v) is 12.6. The van der Waals surface area contributed by atoms with Crippen molar-refractivity contribution >= 4 is 27.5 Å². The second-order valence-electron chi connectivity index (χ2n) is 5.67. The van der Waals surface area contributed by atoms with Crippen LogP contribution in [0.4, 0.5) is 8.78 Å². The first-order valence-electron chi connectivity index (χ1n) is 7.11. The molecule has 3 rings (SSSR count). The van der Waals surface area contributed by atoms with Gasteiger partial charge in [-0.15, -0.1) is 11.3 Å². The first-order valence-corrected chi connectivity index (χ1v) is 7.93. The number of carbonyl (C=O) groups is 1. The van der Waals surface area contributed by atoms with Crippen molar-refractivity contribution in [1.82, 2.24) is 10.3 Å². The van der Waals surface area contributed by atoms with E-state index in [1.165, 1.54) is 11.3 Å².